The van der Waals surface area contributed by atoms with Gasteiger partial charge < -0.3 is 10.2 Å². The van der Waals surface area contributed by atoms with Crippen LogP contribution >= 0.6 is 11.3 Å². The van der Waals surface area contributed by atoms with Crippen LogP contribution in [0.2, 0.25) is 0 Å². The molecular formula is C20H24N4S. The zero-order chi connectivity index (χ0) is 17.2. The van der Waals surface area contributed by atoms with Crippen LogP contribution in [0.25, 0.3) is 10.2 Å². The van der Waals surface area contributed by atoms with Crippen LogP contribution in [0.5, 0.6) is 0 Å². The fourth-order valence-electron chi connectivity index (χ4n) is 3.49. The molecule has 1 N–H and O–H groups in total. The molecule has 0 unspecified atom stereocenters. The predicted molar refractivity (Wildman–Crippen MR) is 107 cm³/mol. The number of hydrogen-bond donors (Lipinski definition) is 1. The van der Waals surface area contributed by atoms with Gasteiger partial charge in [0.1, 0.15) is 16.5 Å². The summed E-state index contributed by atoms with van der Waals surface area (Å²) in [5, 5.41) is 7.01. The van der Waals surface area contributed by atoms with Gasteiger partial charge in [-0.05, 0) is 48.9 Å². The van der Waals surface area contributed by atoms with Crippen LogP contribution in [-0.2, 0) is 6.42 Å². The van der Waals surface area contributed by atoms with Crippen LogP contribution in [0.4, 0.5) is 11.5 Å². The molecule has 3 heterocycles. The van der Waals surface area contributed by atoms with Gasteiger partial charge in [0.15, 0.2) is 0 Å². The van der Waals surface area contributed by atoms with E-state index in [0.29, 0.717) is 6.04 Å². The van der Waals surface area contributed by atoms with Gasteiger partial charge in [-0.2, -0.15) is 0 Å². The Morgan fingerprint density at radius 1 is 1.20 bits per heavy atom. The number of benzene rings is 1. The highest BCUT2D eigenvalue weighted by molar-refractivity contribution is 7.16. The van der Waals surface area contributed by atoms with Gasteiger partial charge in [-0.15, -0.1) is 11.3 Å². The summed E-state index contributed by atoms with van der Waals surface area (Å²) in [5.41, 5.74) is 2.53. The normalized spacial score (nSPS) is 15.7. The lowest BCUT2D eigenvalue weighted by Gasteiger charge is -2.34. The molecule has 1 saturated heterocycles. The summed E-state index contributed by atoms with van der Waals surface area (Å²) in [7, 11) is 0. The van der Waals surface area contributed by atoms with Gasteiger partial charge >= 0.3 is 0 Å². The molecule has 4 nitrogen and oxygen atoms in total. The minimum atomic E-state index is 0.531. The third kappa shape index (κ3) is 3.47. The summed E-state index contributed by atoms with van der Waals surface area (Å²) >= 11 is 1.71. The first-order chi connectivity index (χ1) is 12.2. The van der Waals surface area contributed by atoms with E-state index in [1.165, 1.54) is 16.6 Å². The number of thiophene rings is 1. The number of nitrogens with one attached hydrogen (secondary N) is 1. The number of aromatic nitrogens is 2. The van der Waals surface area contributed by atoms with E-state index in [1.807, 2.05) is 0 Å². The van der Waals surface area contributed by atoms with Gasteiger partial charge in [0.2, 0.25) is 0 Å². The number of nitrogens with zero attached hydrogens (tertiary/aromatic N) is 3. The minimum absolute atomic E-state index is 0.531. The Labute approximate surface area is 152 Å². The summed E-state index contributed by atoms with van der Waals surface area (Å²) in [6.45, 7) is 6.33. The summed E-state index contributed by atoms with van der Waals surface area (Å²) in [6, 6.07) is 11.3. The van der Waals surface area contributed by atoms with Crippen LogP contribution in [0.15, 0.2) is 35.7 Å². The van der Waals surface area contributed by atoms with Crippen LogP contribution in [0, 0.1) is 6.92 Å². The molecule has 0 aliphatic carbocycles. The third-order valence-corrected chi connectivity index (χ3v) is 5.66. The average Bonchev–Trinajstić information content (AvgIpc) is 3.10. The van der Waals surface area contributed by atoms with Crippen molar-refractivity contribution in [3.8, 4) is 0 Å². The molecule has 1 aliphatic heterocycles. The molecule has 1 aromatic carbocycles. The molecule has 130 valence electrons. The van der Waals surface area contributed by atoms with Crippen molar-refractivity contribution in [1.29, 1.82) is 0 Å². The van der Waals surface area contributed by atoms with Gasteiger partial charge in [-0.3, -0.25) is 0 Å². The first-order valence-electron chi connectivity index (χ1n) is 9.05. The minimum Gasteiger partial charge on any atom is -0.382 e. The van der Waals surface area contributed by atoms with Gasteiger partial charge in [0, 0.05) is 31.2 Å². The maximum absolute atomic E-state index is 4.84. The molecule has 0 spiro atoms. The van der Waals surface area contributed by atoms with E-state index >= 15 is 0 Å². The second-order valence-electron chi connectivity index (χ2n) is 6.73. The predicted octanol–water partition coefficient (Wildman–Crippen LogP) is 4.64. The maximum Gasteiger partial charge on any atom is 0.141 e. The Hall–Kier alpha value is -2.14. The van der Waals surface area contributed by atoms with Crippen molar-refractivity contribution in [3.63, 3.8) is 0 Å². The zero-order valence-corrected chi connectivity index (χ0v) is 15.6. The lowest BCUT2D eigenvalue weighted by atomic mass is 10.0. The lowest BCUT2D eigenvalue weighted by Crippen LogP contribution is -2.39. The average molecular weight is 353 g/mol. The van der Waals surface area contributed by atoms with Gasteiger partial charge in [0.05, 0.1) is 5.39 Å². The van der Waals surface area contributed by atoms with E-state index in [2.05, 4.69) is 64.8 Å². The maximum atomic E-state index is 4.84. The molecule has 0 atom stereocenters. The third-order valence-electron chi connectivity index (χ3n) is 4.85. The first-order valence-corrected chi connectivity index (χ1v) is 9.93. The van der Waals surface area contributed by atoms with Crippen molar-refractivity contribution in [2.45, 2.75) is 39.2 Å². The molecule has 1 aliphatic rings. The van der Waals surface area contributed by atoms with Gasteiger partial charge in [0.25, 0.3) is 0 Å². The second-order valence-corrected chi connectivity index (χ2v) is 7.63. The van der Waals surface area contributed by atoms with Crippen LogP contribution in [-0.4, -0.2) is 29.1 Å². The standard InChI is InChI=1S/C20H24N4S/c1-3-18-22-19(17-9-12-25-20(17)23-18)24-10-7-15(8-11-24)21-16-6-4-5-14(2)13-16/h4-6,9,12-13,15,21H,3,7-8,10-11H2,1-2H3. The number of fused-ring (bicyclic) bond motifs is 1. The zero-order valence-electron chi connectivity index (χ0n) is 14.8. The molecule has 2 aromatic heterocycles. The van der Waals surface area contributed by atoms with Crippen LogP contribution in [0.1, 0.15) is 31.2 Å². The van der Waals surface area contributed by atoms with E-state index in [0.717, 1.165) is 48.8 Å². The largest absolute Gasteiger partial charge is 0.382 e. The van der Waals surface area contributed by atoms with Crippen molar-refractivity contribution >= 4 is 33.1 Å². The van der Waals surface area contributed by atoms with Crippen molar-refractivity contribution in [1.82, 2.24) is 9.97 Å². The second kappa shape index (κ2) is 7.00. The summed E-state index contributed by atoms with van der Waals surface area (Å²) < 4.78 is 0. The molecule has 5 heteroatoms. The number of hydrogen-bond acceptors (Lipinski definition) is 5. The molecule has 0 bridgehead atoms. The van der Waals surface area contributed by atoms with E-state index in [1.54, 1.807) is 11.3 Å². The van der Waals surface area contributed by atoms with Gasteiger partial charge in [-0.1, -0.05) is 19.1 Å². The molecule has 3 aromatic rings. The van der Waals surface area contributed by atoms with Crippen molar-refractivity contribution in [3.05, 3.63) is 47.1 Å². The summed E-state index contributed by atoms with van der Waals surface area (Å²) in [4.78, 5) is 13.0. The quantitative estimate of drug-likeness (QED) is 0.742. The SMILES string of the molecule is CCc1nc(N2CCC(Nc3cccc(C)c3)CC2)c2ccsc2n1. The Bertz CT molecular complexity index is 865. The number of rotatable bonds is 4. The van der Waals surface area contributed by atoms with Crippen molar-refractivity contribution < 1.29 is 0 Å². The highest BCUT2D eigenvalue weighted by Crippen LogP contribution is 2.30. The van der Waals surface area contributed by atoms with E-state index in [4.69, 9.17) is 4.98 Å². The fraction of sp³-hybridized carbons (Fsp3) is 0.400. The van der Waals surface area contributed by atoms with Gasteiger partial charge in [-0.25, -0.2) is 9.97 Å². The smallest absolute Gasteiger partial charge is 0.141 e. The number of anilines is 2. The highest BCUT2D eigenvalue weighted by Gasteiger charge is 2.22. The molecular weight excluding hydrogens is 328 g/mol. The topological polar surface area (TPSA) is 41.1 Å². The summed E-state index contributed by atoms with van der Waals surface area (Å²) in [5.74, 6) is 2.07. The van der Waals surface area contributed by atoms with Crippen LogP contribution < -0.4 is 10.2 Å². The van der Waals surface area contributed by atoms with E-state index < -0.39 is 0 Å². The Kier molecular flexibility index (Phi) is 4.57. The molecule has 0 saturated carbocycles. The van der Waals surface area contributed by atoms with Crippen LogP contribution in [0.3, 0.4) is 0 Å². The Morgan fingerprint density at radius 2 is 2.04 bits per heavy atom. The Morgan fingerprint density at radius 3 is 2.80 bits per heavy atom. The van der Waals surface area contributed by atoms with Crippen molar-refractivity contribution in [2.24, 2.45) is 0 Å². The summed E-state index contributed by atoms with van der Waals surface area (Å²) in [6.07, 6.45) is 3.14. The lowest BCUT2D eigenvalue weighted by molar-refractivity contribution is 0.524. The molecule has 1 fully saturated rings. The number of piperidine rings is 1. The van der Waals surface area contributed by atoms with Crippen molar-refractivity contribution in [2.75, 3.05) is 23.3 Å². The highest BCUT2D eigenvalue weighted by atomic mass is 32.1. The van der Waals surface area contributed by atoms with E-state index in [9.17, 15) is 0 Å². The molecule has 25 heavy (non-hydrogen) atoms. The Balaban J connectivity index is 1.48. The van der Waals surface area contributed by atoms with E-state index in [-0.39, 0.29) is 0 Å². The number of aryl methyl sites for hydroxylation is 2. The first kappa shape index (κ1) is 16.3. The fourth-order valence-corrected chi connectivity index (χ4v) is 4.27. The molecule has 0 radical (unpaired) electrons. The molecule has 0 amide bonds. The monoisotopic (exact) mass is 352 g/mol. The molecule has 4 rings (SSSR count).